The first-order valence-corrected chi connectivity index (χ1v) is 8.70. The number of carboxylic acids is 1. The molecular weight excluding hydrogens is 347 g/mol. The van der Waals surface area contributed by atoms with Crippen molar-refractivity contribution in [2.45, 2.75) is 18.0 Å². The summed E-state index contributed by atoms with van der Waals surface area (Å²) in [6.45, 7) is 2.14. The third kappa shape index (κ3) is 3.98. The standard InChI is InChI=1S/C16H17FN4O3S/c1-9-18-16(20-19-9)25-8-14(22)21-6-12(13(7-21)15(23)24)10-3-2-4-11(17)5-10/h2-5,12-13H,6-8H2,1H3,(H,23,24)(H,18,19,20)/t12-,13+/m0/s1. The molecule has 132 valence electrons. The smallest absolute Gasteiger partial charge is 0.308 e. The molecule has 2 heterocycles. The minimum atomic E-state index is -0.984. The minimum Gasteiger partial charge on any atom is -0.481 e. The van der Waals surface area contributed by atoms with Crippen LogP contribution in [-0.2, 0) is 9.59 Å². The summed E-state index contributed by atoms with van der Waals surface area (Å²) in [5.41, 5.74) is 0.597. The number of nitrogens with zero attached hydrogens (tertiary/aromatic N) is 3. The third-order valence-corrected chi connectivity index (χ3v) is 5.00. The number of H-pyrrole nitrogens is 1. The van der Waals surface area contributed by atoms with E-state index in [2.05, 4.69) is 15.2 Å². The Balaban J connectivity index is 1.68. The Labute approximate surface area is 147 Å². The van der Waals surface area contributed by atoms with Crippen molar-refractivity contribution in [3.63, 3.8) is 0 Å². The van der Waals surface area contributed by atoms with Crippen molar-refractivity contribution in [2.24, 2.45) is 5.92 Å². The van der Waals surface area contributed by atoms with E-state index >= 15 is 0 Å². The van der Waals surface area contributed by atoms with Crippen LogP contribution >= 0.6 is 11.8 Å². The molecule has 9 heteroatoms. The molecule has 1 aliphatic rings. The summed E-state index contributed by atoms with van der Waals surface area (Å²) in [6.07, 6.45) is 0. The lowest BCUT2D eigenvalue weighted by Crippen LogP contribution is -2.31. The molecule has 0 spiro atoms. The first-order chi connectivity index (χ1) is 11.9. The third-order valence-electron chi connectivity index (χ3n) is 4.17. The fraction of sp³-hybridized carbons (Fsp3) is 0.375. The fourth-order valence-electron chi connectivity index (χ4n) is 2.94. The van der Waals surface area contributed by atoms with E-state index < -0.39 is 23.6 Å². The van der Waals surface area contributed by atoms with Gasteiger partial charge < -0.3 is 10.0 Å². The van der Waals surface area contributed by atoms with Crippen LogP contribution in [0.2, 0.25) is 0 Å². The van der Waals surface area contributed by atoms with E-state index in [1.807, 2.05) is 0 Å². The van der Waals surface area contributed by atoms with E-state index in [1.165, 1.54) is 28.8 Å². The second-order valence-corrected chi connectivity index (χ2v) is 6.84. The zero-order chi connectivity index (χ0) is 18.0. The molecule has 0 radical (unpaired) electrons. The van der Waals surface area contributed by atoms with Gasteiger partial charge in [0.1, 0.15) is 11.6 Å². The van der Waals surface area contributed by atoms with Crippen molar-refractivity contribution in [3.8, 4) is 0 Å². The molecule has 1 aliphatic heterocycles. The van der Waals surface area contributed by atoms with E-state index in [9.17, 15) is 19.1 Å². The fourth-order valence-corrected chi connectivity index (χ4v) is 3.68. The molecule has 1 fully saturated rings. The number of aromatic nitrogens is 3. The van der Waals surface area contributed by atoms with Gasteiger partial charge in [0, 0.05) is 19.0 Å². The Morgan fingerprint density at radius 3 is 2.88 bits per heavy atom. The van der Waals surface area contributed by atoms with Crippen LogP contribution in [-0.4, -0.2) is 55.9 Å². The molecular formula is C16H17FN4O3S. The molecule has 7 nitrogen and oxygen atoms in total. The van der Waals surface area contributed by atoms with Crippen LogP contribution in [0.4, 0.5) is 4.39 Å². The number of carbonyl (C=O) groups excluding carboxylic acids is 1. The summed E-state index contributed by atoms with van der Waals surface area (Å²) in [7, 11) is 0. The van der Waals surface area contributed by atoms with Gasteiger partial charge >= 0.3 is 5.97 Å². The van der Waals surface area contributed by atoms with Crippen LogP contribution in [0.25, 0.3) is 0 Å². The van der Waals surface area contributed by atoms with Gasteiger partial charge in [0.15, 0.2) is 0 Å². The van der Waals surface area contributed by atoms with E-state index in [-0.39, 0.29) is 24.7 Å². The van der Waals surface area contributed by atoms with Gasteiger partial charge in [-0.2, -0.15) is 0 Å². The SMILES string of the molecule is Cc1nc(SCC(=O)N2C[C@@H](C(=O)O)[C@H](c3cccc(F)c3)C2)n[nH]1. The van der Waals surface area contributed by atoms with Gasteiger partial charge in [-0.15, -0.1) is 5.10 Å². The predicted molar refractivity (Wildman–Crippen MR) is 88.7 cm³/mol. The number of aliphatic carboxylic acids is 1. The number of nitrogens with one attached hydrogen (secondary N) is 1. The molecule has 0 aliphatic carbocycles. The molecule has 2 aromatic rings. The number of hydrogen-bond acceptors (Lipinski definition) is 5. The number of amides is 1. The minimum absolute atomic E-state index is 0.114. The highest BCUT2D eigenvalue weighted by molar-refractivity contribution is 7.99. The van der Waals surface area contributed by atoms with Gasteiger partial charge in [-0.1, -0.05) is 23.9 Å². The molecule has 1 saturated heterocycles. The Morgan fingerprint density at radius 2 is 2.24 bits per heavy atom. The number of likely N-dealkylation sites (tertiary alicyclic amines) is 1. The number of halogens is 1. The zero-order valence-electron chi connectivity index (χ0n) is 13.5. The monoisotopic (exact) mass is 364 g/mol. The van der Waals surface area contributed by atoms with E-state index in [4.69, 9.17) is 0 Å². The van der Waals surface area contributed by atoms with Gasteiger partial charge in [0.2, 0.25) is 11.1 Å². The van der Waals surface area contributed by atoms with Crippen molar-refractivity contribution < 1.29 is 19.1 Å². The topological polar surface area (TPSA) is 99.2 Å². The lowest BCUT2D eigenvalue weighted by molar-refractivity contribution is -0.141. The number of hydrogen-bond donors (Lipinski definition) is 2. The molecule has 0 unspecified atom stereocenters. The molecule has 0 saturated carbocycles. The Morgan fingerprint density at radius 1 is 1.44 bits per heavy atom. The maximum absolute atomic E-state index is 13.5. The molecule has 0 bridgehead atoms. The summed E-state index contributed by atoms with van der Waals surface area (Å²) >= 11 is 1.19. The first kappa shape index (κ1) is 17.4. The normalized spacial score (nSPS) is 20.0. The molecule has 2 atom stereocenters. The average Bonchev–Trinajstić information content (AvgIpc) is 3.19. The lowest BCUT2D eigenvalue weighted by atomic mass is 9.89. The Bertz CT molecular complexity index is 797. The maximum Gasteiger partial charge on any atom is 0.308 e. The van der Waals surface area contributed by atoms with Crippen molar-refractivity contribution in [2.75, 3.05) is 18.8 Å². The summed E-state index contributed by atoms with van der Waals surface area (Å²) in [4.78, 5) is 29.6. The van der Waals surface area contributed by atoms with Crippen LogP contribution in [0.15, 0.2) is 29.4 Å². The van der Waals surface area contributed by atoms with Crippen molar-refractivity contribution in [1.82, 2.24) is 20.1 Å². The van der Waals surface area contributed by atoms with Crippen LogP contribution < -0.4 is 0 Å². The van der Waals surface area contributed by atoms with Gasteiger partial charge in [-0.05, 0) is 24.6 Å². The number of aryl methyl sites for hydroxylation is 1. The summed E-state index contributed by atoms with van der Waals surface area (Å²) < 4.78 is 13.5. The van der Waals surface area contributed by atoms with Crippen LogP contribution in [0.5, 0.6) is 0 Å². The molecule has 25 heavy (non-hydrogen) atoms. The van der Waals surface area contributed by atoms with Crippen molar-refractivity contribution in [3.05, 3.63) is 41.5 Å². The van der Waals surface area contributed by atoms with Crippen LogP contribution in [0.1, 0.15) is 17.3 Å². The molecule has 1 aromatic carbocycles. The van der Waals surface area contributed by atoms with Gasteiger partial charge in [-0.3, -0.25) is 14.7 Å². The molecule has 2 N–H and O–H groups in total. The second kappa shape index (κ2) is 7.22. The number of carbonyl (C=O) groups is 2. The van der Waals surface area contributed by atoms with E-state index in [0.717, 1.165) is 0 Å². The highest BCUT2D eigenvalue weighted by Crippen LogP contribution is 2.33. The number of carboxylic acid groups (broad SMARTS) is 1. The molecule has 1 aromatic heterocycles. The maximum atomic E-state index is 13.5. The molecule has 3 rings (SSSR count). The Kier molecular flexibility index (Phi) is 5.03. The van der Waals surface area contributed by atoms with E-state index in [0.29, 0.717) is 16.5 Å². The zero-order valence-corrected chi connectivity index (χ0v) is 14.3. The van der Waals surface area contributed by atoms with Crippen LogP contribution in [0, 0.1) is 18.7 Å². The largest absolute Gasteiger partial charge is 0.481 e. The molecule has 1 amide bonds. The Hall–Kier alpha value is -2.42. The van der Waals surface area contributed by atoms with Crippen molar-refractivity contribution in [1.29, 1.82) is 0 Å². The van der Waals surface area contributed by atoms with Crippen LogP contribution in [0.3, 0.4) is 0 Å². The first-order valence-electron chi connectivity index (χ1n) is 7.72. The predicted octanol–water partition coefficient (Wildman–Crippen LogP) is 1.67. The van der Waals surface area contributed by atoms with E-state index in [1.54, 1.807) is 19.1 Å². The summed E-state index contributed by atoms with van der Waals surface area (Å²) in [5, 5.41) is 16.6. The van der Waals surface area contributed by atoms with Crippen molar-refractivity contribution >= 4 is 23.6 Å². The summed E-state index contributed by atoms with van der Waals surface area (Å²) in [6, 6.07) is 5.89. The highest BCUT2D eigenvalue weighted by atomic mass is 32.2. The number of benzene rings is 1. The second-order valence-electron chi connectivity index (χ2n) is 5.90. The van der Waals surface area contributed by atoms with Gasteiger partial charge in [0.05, 0.1) is 11.7 Å². The number of thioether (sulfide) groups is 1. The summed E-state index contributed by atoms with van der Waals surface area (Å²) in [5.74, 6) is -1.97. The lowest BCUT2D eigenvalue weighted by Gasteiger charge is -2.16. The van der Waals surface area contributed by atoms with Gasteiger partial charge in [-0.25, -0.2) is 9.37 Å². The number of aromatic amines is 1. The highest BCUT2D eigenvalue weighted by Gasteiger charge is 2.40. The number of rotatable bonds is 5. The average molecular weight is 364 g/mol. The quantitative estimate of drug-likeness (QED) is 0.783. The van der Waals surface area contributed by atoms with Gasteiger partial charge in [0.25, 0.3) is 0 Å².